The van der Waals surface area contributed by atoms with Crippen molar-refractivity contribution in [2.24, 2.45) is 0 Å². The fourth-order valence-corrected chi connectivity index (χ4v) is 0.762. The molecule has 1 aromatic carbocycles. The van der Waals surface area contributed by atoms with Crippen LogP contribution in [-0.2, 0) is 11.3 Å². The molecule has 0 amide bonds. The summed E-state index contributed by atoms with van der Waals surface area (Å²) in [5, 5.41) is 0. The van der Waals surface area contributed by atoms with Crippen molar-refractivity contribution in [1.82, 2.24) is 0 Å². The predicted octanol–water partition coefficient (Wildman–Crippen LogP) is 1.73. The highest BCUT2D eigenvalue weighted by atomic mass is 16.5. The second kappa shape index (κ2) is 3.76. The first-order valence-electron chi connectivity index (χ1n) is 3.48. The van der Waals surface area contributed by atoms with Gasteiger partial charge in [-0.05, 0) is 0 Å². The lowest BCUT2D eigenvalue weighted by Crippen LogP contribution is -1.98. The number of carbonyl (C=O) groups excluding carboxylic acids is 1. The lowest BCUT2D eigenvalue weighted by Gasteiger charge is -1.92. The Bertz CT molecular complexity index is 229. The van der Waals surface area contributed by atoms with E-state index in [9.17, 15) is 0 Å². The second-order valence-corrected chi connectivity index (χ2v) is 2.29. The Kier molecular flexibility index (Phi) is 2.66. The molecular formula is C9H11O2+. The van der Waals surface area contributed by atoms with Crippen LogP contribution in [-0.4, -0.2) is 10.8 Å². The summed E-state index contributed by atoms with van der Waals surface area (Å²) in [6, 6.07) is 9.71. The molecule has 1 rings (SSSR count). The maximum Gasteiger partial charge on any atom is 0.479 e. The SMILES string of the molecule is CC(=[OH+])OCc1ccccc1. The molecule has 0 aromatic heterocycles. The van der Waals surface area contributed by atoms with Gasteiger partial charge < -0.3 is 9.53 Å². The highest BCUT2D eigenvalue weighted by Gasteiger charge is 2.01. The summed E-state index contributed by atoms with van der Waals surface area (Å²) >= 11 is 0. The molecule has 0 saturated heterocycles. The zero-order valence-electron chi connectivity index (χ0n) is 6.45. The second-order valence-electron chi connectivity index (χ2n) is 2.29. The standard InChI is InChI=1S/C9H10O2/c1-8(10)11-7-9-5-3-2-4-6-9/h2-6H,7H2,1H3/p+1. The molecule has 0 unspecified atom stereocenters. The number of hydrogen-bond donors (Lipinski definition) is 0. The first kappa shape index (κ1) is 7.79. The molecule has 0 atom stereocenters. The van der Waals surface area contributed by atoms with E-state index in [1.54, 1.807) is 0 Å². The van der Waals surface area contributed by atoms with Crippen molar-refractivity contribution in [2.45, 2.75) is 13.5 Å². The monoisotopic (exact) mass is 151 g/mol. The van der Waals surface area contributed by atoms with E-state index in [0.717, 1.165) is 5.56 Å². The average Bonchev–Trinajstić information content (AvgIpc) is 2.03. The topological polar surface area (TPSA) is 30.6 Å². The van der Waals surface area contributed by atoms with E-state index < -0.39 is 0 Å². The third kappa shape index (κ3) is 2.85. The van der Waals surface area contributed by atoms with Gasteiger partial charge in [-0.25, -0.2) is 0 Å². The van der Waals surface area contributed by atoms with Crippen LogP contribution in [0.3, 0.4) is 0 Å². The van der Waals surface area contributed by atoms with Crippen LogP contribution in [0.2, 0.25) is 0 Å². The molecule has 0 saturated carbocycles. The summed E-state index contributed by atoms with van der Waals surface area (Å²) in [5.74, 6) is 0.00820. The number of rotatable bonds is 2. The van der Waals surface area contributed by atoms with Gasteiger partial charge in [-0.2, -0.15) is 0 Å². The van der Waals surface area contributed by atoms with E-state index >= 15 is 0 Å². The quantitative estimate of drug-likeness (QED) is 0.467. The first-order valence-corrected chi connectivity index (χ1v) is 3.48. The molecular weight excluding hydrogens is 140 g/mol. The largest absolute Gasteiger partial charge is 0.479 e. The summed E-state index contributed by atoms with van der Waals surface area (Å²) in [6.45, 7) is 1.95. The molecule has 0 aliphatic rings. The van der Waals surface area contributed by atoms with Crippen molar-refractivity contribution in [3.63, 3.8) is 0 Å². The Morgan fingerprint density at radius 3 is 2.55 bits per heavy atom. The first-order chi connectivity index (χ1) is 5.29. The van der Waals surface area contributed by atoms with Crippen molar-refractivity contribution in [3.05, 3.63) is 35.9 Å². The Morgan fingerprint density at radius 2 is 2.00 bits per heavy atom. The minimum Gasteiger partial charge on any atom is -0.339 e. The summed E-state index contributed by atoms with van der Waals surface area (Å²) in [5.41, 5.74) is 1.06. The van der Waals surface area contributed by atoms with Crippen molar-refractivity contribution in [1.29, 1.82) is 0 Å². The van der Waals surface area contributed by atoms with Crippen LogP contribution >= 0.6 is 0 Å². The van der Waals surface area contributed by atoms with E-state index in [1.807, 2.05) is 30.3 Å². The van der Waals surface area contributed by atoms with Crippen molar-refractivity contribution in [3.8, 4) is 0 Å². The predicted molar refractivity (Wildman–Crippen MR) is 43.8 cm³/mol. The molecule has 1 aromatic rings. The molecule has 0 radical (unpaired) electrons. The van der Waals surface area contributed by atoms with Gasteiger partial charge in [0.15, 0.2) is 0 Å². The van der Waals surface area contributed by atoms with Crippen LogP contribution in [0.4, 0.5) is 0 Å². The minimum absolute atomic E-state index is 0.00820. The van der Waals surface area contributed by atoms with E-state index in [-0.39, 0.29) is 5.97 Å². The van der Waals surface area contributed by atoms with Gasteiger partial charge in [0.05, 0.1) is 6.92 Å². The fourth-order valence-electron chi connectivity index (χ4n) is 0.762. The molecule has 58 valence electrons. The molecule has 1 N–H and O–H groups in total. The van der Waals surface area contributed by atoms with Crippen LogP contribution in [0.25, 0.3) is 0 Å². The van der Waals surface area contributed by atoms with Crippen LogP contribution in [0.15, 0.2) is 30.3 Å². The van der Waals surface area contributed by atoms with E-state index in [0.29, 0.717) is 6.61 Å². The van der Waals surface area contributed by atoms with Gasteiger partial charge >= 0.3 is 5.97 Å². The number of ether oxygens (including phenoxy) is 1. The van der Waals surface area contributed by atoms with Gasteiger partial charge in [-0.1, -0.05) is 30.3 Å². The van der Waals surface area contributed by atoms with Crippen LogP contribution in [0, 0.1) is 0 Å². The van der Waals surface area contributed by atoms with Crippen LogP contribution in [0.5, 0.6) is 0 Å². The normalized spacial score (nSPS) is 9.18. The number of hydrogen-bond acceptors (Lipinski definition) is 1. The summed E-state index contributed by atoms with van der Waals surface area (Å²) < 4.78 is 4.90. The minimum atomic E-state index is 0.00820. The fraction of sp³-hybridized carbons (Fsp3) is 0.222. The van der Waals surface area contributed by atoms with E-state index in [1.165, 1.54) is 6.92 Å². The molecule has 0 fully saturated rings. The summed E-state index contributed by atoms with van der Waals surface area (Å²) in [6.07, 6.45) is 0. The Hall–Kier alpha value is -1.31. The van der Waals surface area contributed by atoms with Crippen molar-refractivity contribution in [2.75, 3.05) is 0 Å². The lowest BCUT2D eigenvalue weighted by molar-refractivity contribution is 0.259. The average molecular weight is 151 g/mol. The molecule has 0 aliphatic carbocycles. The van der Waals surface area contributed by atoms with Gasteiger partial charge in [-0.15, -0.1) is 0 Å². The molecule has 0 spiro atoms. The zero-order valence-corrected chi connectivity index (χ0v) is 6.45. The number of benzene rings is 1. The van der Waals surface area contributed by atoms with Gasteiger partial charge in [0.2, 0.25) is 6.61 Å². The molecule has 0 aliphatic heterocycles. The summed E-state index contributed by atoms with van der Waals surface area (Å²) in [4.78, 5) is 8.71. The van der Waals surface area contributed by atoms with E-state index in [2.05, 4.69) is 0 Å². The summed E-state index contributed by atoms with van der Waals surface area (Å²) in [7, 11) is 0. The maximum absolute atomic E-state index is 8.71. The number of esters is 1. The maximum atomic E-state index is 8.71. The van der Waals surface area contributed by atoms with Gasteiger partial charge in [-0.3, -0.25) is 0 Å². The van der Waals surface area contributed by atoms with Crippen LogP contribution in [0.1, 0.15) is 12.5 Å². The molecule has 2 nitrogen and oxygen atoms in total. The van der Waals surface area contributed by atoms with Crippen molar-refractivity contribution >= 4 is 5.97 Å². The van der Waals surface area contributed by atoms with Crippen molar-refractivity contribution < 1.29 is 9.53 Å². The lowest BCUT2D eigenvalue weighted by atomic mass is 10.2. The Labute approximate surface area is 65.8 Å². The Balaban J connectivity index is 2.45. The smallest absolute Gasteiger partial charge is 0.339 e. The third-order valence-corrected chi connectivity index (χ3v) is 1.29. The van der Waals surface area contributed by atoms with Crippen LogP contribution < -0.4 is 0 Å². The molecule has 11 heavy (non-hydrogen) atoms. The van der Waals surface area contributed by atoms with Gasteiger partial charge in [0.1, 0.15) is 0 Å². The van der Waals surface area contributed by atoms with E-state index in [4.69, 9.17) is 9.53 Å². The molecule has 0 heterocycles. The Morgan fingerprint density at radius 1 is 1.36 bits per heavy atom. The van der Waals surface area contributed by atoms with Gasteiger partial charge in [0.25, 0.3) is 0 Å². The highest BCUT2D eigenvalue weighted by Crippen LogP contribution is 1.99. The molecule has 0 bridgehead atoms. The third-order valence-electron chi connectivity index (χ3n) is 1.29. The zero-order chi connectivity index (χ0) is 8.10. The molecule has 2 heteroatoms. The highest BCUT2D eigenvalue weighted by molar-refractivity contribution is 5.67. The van der Waals surface area contributed by atoms with Gasteiger partial charge in [0, 0.05) is 5.56 Å².